The molecule has 1 amide bonds. The number of aryl methyl sites for hydroxylation is 1. The molecule has 0 bridgehead atoms. The van der Waals surface area contributed by atoms with Crippen molar-refractivity contribution < 1.29 is 23.8 Å². The Morgan fingerprint density at radius 2 is 1.75 bits per heavy atom. The molecule has 0 spiro atoms. The van der Waals surface area contributed by atoms with E-state index in [9.17, 15) is 19.1 Å². The number of benzene rings is 2. The second kappa shape index (κ2) is 8.58. The molecule has 2 heterocycles. The largest absolute Gasteiger partial charge is 0.507 e. The van der Waals surface area contributed by atoms with Crippen LogP contribution in [0.1, 0.15) is 22.0 Å². The van der Waals surface area contributed by atoms with E-state index in [1.54, 1.807) is 0 Å². The molecular weight excluding hydrogens is 476 g/mol. The summed E-state index contributed by atoms with van der Waals surface area (Å²) < 4.78 is 18.6. The summed E-state index contributed by atoms with van der Waals surface area (Å²) in [6.07, 6.45) is 0. The van der Waals surface area contributed by atoms with E-state index in [2.05, 4.69) is 0 Å². The van der Waals surface area contributed by atoms with E-state index >= 15 is 0 Å². The van der Waals surface area contributed by atoms with Crippen LogP contribution < -0.4 is 9.64 Å². The minimum absolute atomic E-state index is 0.109. The summed E-state index contributed by atoms with van der Waals surface area (Å²) in [5.74, 6) is -2.37. The number of thiophene rings is 1. The first-order valence-electron chi connectivity index (χ1n) is 9.38. The highest BCUT2D eigenvalue weighted by atomic mass is 35.5. The van der Waals surface area contributed by atoms with E-state index in [4.69, 9.17) is 27.9 Å². The van der Waals surface area contributed by atoms with Crippen LogP contribution in [0.15, 0.2) is 53.4 Å². The fraction of sp³-hybridized carbons (Fsp3) is 0.130. The fourth-order valence-electron chi connectivity index (χ4n) is 3.66. The van der Waals surface area contributed by atoms with Crippen LogP contribution in [0.3, 0.4) is 0 Å². The van der Waals surface area contributed by atoms with E-state index in [0.717, 1.165) is 5.56 Å². The van der Waals surface area contributed by atoms with Crippen molar-refractivity contribution in [3.8, 4) is 5.75 Å². The van der Waals surface area contributed by atoms with Gasteiger partial charge in [0.2, 0.25) is 0 Å². The average molecular weight is 492 g/mol. The smallest absolute Gasteiger partial charge is 0.300 e. The van der Waals surface area contributed by atoms with E-state index < -0.39 is 29.3 Å². The molecule has 0 saturated carbocycles. The van der Waals surface area contributed by atoms with Crippen molar-refractivity contribution in [1.82, 2.24) is 0 Å². The lowest BCUT2D eigenvalue weighted by atomic mass is 9.98. The van der Waals surface area contributed by atoms with Gasteiger partial charge in [0.1, 0.15) is 17.6 Å². The number of carbonyl (C=O) groups is 2. The maximum atomic E-state index is 13.5. The van der Waals surface area contributed by atoms with Gasteiger partial charge >= 0.3 is 0 Å². The molecule has 1 unspecified atom stereocenters. The number of aliphatic hydroxyl groups excluding tert-OH is 1. The summed E-state index contributed by atoms with van der Waals surface area (Å²) in [4.78, 5) is 28.1. The third kappa shape index (κ3) is 3.66. The third-order valence-corrected chi connectivity index (χ3v) is 6.81. The summed E-state index contributed by atoms with van der Waals surface area (Å²) in [5.41, 5.74) is 1.22. The van der Waals surface area contributed by atoms with Crippen molar-refractivity contribution >= 4 is 57.7 Å². The van der Waals surface area contributed by atoms with Gasteiger partial charge in [-0.3, -0.25) is 14.5 Å². The Labute approximate surface area is 197 Å². The van der Waals surface area contributed by atoms with Gasteiger partial charge in [-0.2, -0.15) is 0 Å². The van der Waals surface area contributed by atoms with Crippen molar-refractivity contribution in [2.24, 2.45) is 0 Å². The number of hydrogen-bond acceptors (Lipinski definition) is 5. The number of methoxy groups -OCH3 is 1. The molecular formula is C23H16Cl2FNO4S. The minimum atomic E-state index is -0.903. The highest BCUT2D eigenvalue weighted by molar-refractivity contribution is 7.10. The van der Waals surface area contributed by atoms with Crippen LogP contribution in [0.2, 0.25) is 10.0 Å². The summed E-state index contributed by atoms with van der Waals surface area (Å²) in [6, 6.07) is 9.00. The van der Waals surface area contributed by atoms with Gasteiger partial charge in [0.15, 0.2) is 5.75 Å². The Balaban J connectivity index is 1.96. The molecule has 1 aromatic heterocycles. The number of nitrogens with zero attached hydrogens (tertiary/aromatic N) is 1. The molecule has 1 N–H and O–H groups in total. The third-order valence-electron chi connectivity index (χ3n) is 5.18. The van der Waals surface area contributed by atoms with E-state index in [-0.39, 0.29) is 26.9 Å². The number of halogens is 3. The van der Waals surface area contributed by atoms with Gasteiger partial charge < -0.3 is 9.84 Å². The van der Waals surface area contributed by atoms with Gasteiger partial charge in [-0.25, -0.2) is 4.39 Å². The van der Waals surface area contributed by atoms with Gasteiger partial charge in [0, 0.05) is 16.1 Å². The average Bonchev–Trinajstić information content (AvgIpc) is 3.28. The lowest BCUT2D eigenvalue weighted by molar-refractivity contribution is -0.132. The van der Waals surface area contributed by atoms with E-state index in [1.165, 1.54) is 59.7 Å². The van der Waals surface area contributed by atoms with Gasteiger partial charge in [-0.15, -0.1) is 11.3 Å². The Kier molecular flexibility index (Phi) is 5.99. The molecule has 1 aliphatic rings. The van der Waals surface area contributed by atoms with Crippen LogP contribution in [0.25, 0.3) is 5.76 Å². The monoisotopic (exact) mass is 491 g/mol. The van der Waals surface area contributed by atoms with Crippen molar-refractivity contribution in [3.63, 3.8) is 0 Å². The van der Waals surface area contributed by atoms with Crippen LogP contribution in [-0.4, -0.2) is 23.9 Å². The molecule has 1 aliphatic heterocycles. The lowest BCUT2D eigenvalue weighted by Gasteiger charge is -2.25. The van der Waals surface area contributed by atoms with Crippen LogP contribution in [0.5, 0.6) is 5.75 Å². The predicted octanol–water partition coefficient (Wildman–Crippen LogP) is 6.14. The number of aliphatic hydroxyl groups is 1. The molecule has 1 saturated heterocycles. The van der Waals surface area contributed by atoms with Crippen LogP contribution in [0.4, 0.5) is 10.1 Å². The summed E-state index contributed by atoms with van der Waals surface area (Å²) in [6.45, 7) is 1.84. The quantitative estimate of drug-likeness (QED) is 0.270. The summed E-state index contributed by atoms with van der Waals surface area (Å²) >= 11 is 13.8. The number of rotatable bonds is 4. The summed E-state index contributed by atoms with van der Waals surface area (Å²) in [7, 11) is 1.40. The fourth-order valence-corrected chi connectivity index (χ4v) is 5.33. The van der Waals surface area contributed by atoms with Crippen molar-refractivity contribution in [1.29, 1.82) is 0 Å². The molecule has 3 aromatic rings. The molecule has 5 nitrogen and oxygen atoms in total. The molecule has 1 fully saturated rings. The first-order valence-corrected chi connectivity index (χ1v) is 11.0. The van der Waals surface area contributed by atoms with Crippen molar-refractivity contribution in [2.45, 2.75) is 13.0 Å². The van der Waals surface area contributed by atoms with Gasteiger partial charge in [-0.05, 0) is 60.3 Å². The molecule has 0 aliphatic carbocycles. The first kappa shape index (κ1) is 22.3. The second-order valence-corrected chi connectivity index (χ2v) is 8.85. The zero-order valence-corrected chi connectivity index (χ0v) is 19.2. The number of carbonyl (C=O) groups excluding carboxylic acids is 2. The molecule has 4 rings (SSSR count). The number of Topliss-reactive ketones (excluding diaryl/α,β-unsaturated/α-hetero) is 1. The molecule has 164 valence electrons. The maximum absolute atomic E-state index is 13.5. The van der Waals surface area contributed by atoms with E-state index in [1.807, 2.05) is 18.4 Å². The van der Waals surface area contributed by atoms with E-state index in [0.29, 0.717) is 10.6 Å². The predicted molar refractivity (Wildman–Crippen MR) is 123 cm³/mol. The van der Waals surface area contributed by atoms with Crippen LogP contribution in [-0.2, 0) is 9.59 Å². The Hall–Kier alpha value is -2.87. The van der Waals surface area contributed by atoms with Gasteiger partial charge in [0.05, 0.1) is 22.7 Å². The maximum Gasteiger partial charge on any atom is 0.300 e. The minimum Gasteiger partial charge on any atom is -0.507 e. The zero-order valence-electron chi connectivity index (χ0n) is 16.9. The first-order chi connectivity index (χ1) is 15.2. The number of hydrogen-bond donors (Lipinski definition) is 1. The molecule has 0 radical (unpaired) electrons. The van der Waals surface area contributed by atoms with Gasteiger partial charge in [0.25, 0.3) is 11.7 Å². The number of ketones is 1. The van der Waals surface area contributed by atoms with Crippen LogP contribution >= 0.6 is 34.5 Å². The highest BCUT2D eigenvalue weighted by Gasteiger charge is 2.48. The number of amides is 1. The molecule has 2 aromatic carbocycles. The Bertz CT molecular complexity index is 1250. The van der Waals surface area contributed by atoms with Crippen molar-refractivity contribution in [3.05, 3.63) is 85.3 Å². The molecule has 1 atom stereocenters. The Morgan fingerprint density at radius 1 is 1.12 bits per heavy atom. The zero-order chi connectivity index (χ0) is 23.2. The normalized spacial score (nSPS) is 17.8. The topological polar surface area (TPSA) is 66.8 Å². The molecule has 9 heteroatoms. The van der Waals surface area contributed by atoms with Crippen molar-refractivity contribution in [2.75, 3.05) is 12.0 Å². The lowest BCUT2D eigenvalue weighted by Crippen LogP contribution is -2.29. The SMILES string of the molecule is COc1c(Cl)cc(/C(O)=C2/C(=O)C(=O)N(c3ccc(F)cc3)C2c2sccc2C)cc1Cl. The van der Waals surface area contributed by atoms with Gasteiger partial charge in [-0.1, -0.05) is 23.2 Å². The highest BCUT2D eigenvalue weighted by Crippen LogP contribution is 2.45. The second-order valence-electron chi connectivity index (χ2n) is 7.09. The standard InChI is InChI=1S/C23H16Cl2FNO4S/c1-11-7-8-32-22(11)18-17(19(28)12-9-15(24)21(31-2)16(25)10-12)20(29)23(30)27(18)14-5-3-13(26)4-6-14/h3-10,18,28H,1-2H3/b19-17-. The van der Waals surface area contributed by atoms with Crippen LogP contribution in [0, 0.1) is 12.7 Å². The molecule has 32 heavy (non-hydrogen) atoms. The Morgan fingerprint density at radius 3 is 2.28 bits per heavy atom. The number of anilines is 1. The number of ether oxygens (including phenoxy) is 1. The summed E-state index contributed by atoms with van der Waals surface area (Å²) in [5, 5.41) is 13.3.